The molecule has 0 heterocycles. The van der Waals surface area contributed by atoms with E-state index in [0.717, 1.165) is 12.1 Å². The smallest absolute Gasteiger partial charge is 0.251 e. The van der Waals surface area contributed by atoms with Crippen LogP contribution in [0.15, 0.2) is 12.1 Å². The van der Waals surface area contributed by atoms with Crippen LogP contribution in [0.3, 0.4) is 0 Å². The van der Waals surface area contributed by atoms with Crippen LogP contribution in [0, 0.1) is 0 Å². The number of hydrogen-bond donors (Lipinski definition) is 6. The molecule has 9 nitrogen and oxygen atoms in total. The predicted molar refractivity (Wildman–Crippen MR) is 84.4 cm³/mol. The summed E-state index contributed by atoms with van der Waals surface area (Å²) in [6.45, 7) is 1.57. The van der Waals surface area contributed by atoms with Crippen LogP contribution in [-0.2, 0) is 9.59 Å². The van der Waals surface area contributed by atoms with E-state index in [2.05, 4.69) is 10.6 Å². The Balaban J connectivity index is 2.41. The van der Waals surface area contributed by atoms with Crippen LogP contribution in [0.25, 0.3) is 0 Å². The number of rotatable bonds is 8. The molecule has 0 aromatic heterocycles. The van der Waals surface area contributed by atoms with Gasteiger partial charge in [-0.15, -0.1) is 0 Å². The van der Waals surface area contributed by atoms with Crippen molar-refractivity contribution in [2.45, 2.75) is 32.2 Å². The van der Waals surface area contributed by atoms with Crippen LogP contribution < -0.4 is 16.4 Å². The lowest BCUT2D eigenvalue weighted by molar-refractivity contribution is -0.126. The number of benzene rings is 1. The minimum Gasteiger partial charge on any atom is -0.504 e. The maximum atomic E-state index is 11.9. The highest BCUT2D eigenvalue weighted by molar-refractivity contribution is 5.95. The third kappa shape index (κ3) is 5.67. The summed E-state index contributed by atoms with van der Waals surface area (Å²) in [7, 11) is 0. The summed E-state index contributed by atoms with van der Waals surface area (Å²) in [6.07, 6.45) is 1.43. The zero-order valence-corrected chi connectivity index (χ0v) is 13.2. The minimum atomic E-state index is -0.746. The lowest BCUT2D eigenvalue weighted by Gasteiger charge is -2.14. The molecule has 0 aliphatic carbocycles. The quantitative estimate of drug-likeness (QED) is 0.281. The first-order chi connectivity index (χ1) is 11.2. The molecule has 0 fully saturated rings. The van der Waals surface area contributed by atoms with E-state index in [9.17, 15) is 29.7 Å². The van der Waals surface area contributed by atoms with Crippen LogP contribution in [0.4, 0.5) is 0 Å². The molecule has 0 unspecified atom stereocenters. The third-order valence-electron chi connectivity index (χ3n) is 3.26. The molecule has 9 heteroatoms. The van der Waals surface area contributed by atoms with Crippen molar-refractivity contribution in [1.29, 1.82) is 0 Å². The zero-order chi connectivity index (χ0) is 18.3. The Bertz CT molecular complexity index is 609. The molecular formula is C15H21N3O6. The largest absolute Gasteiger partial charge is 0.504 e. The van der Waals surface area contributed by atoms with Gasteiger partial charge in [0.1, 0.15) is 6.04 Å². The molecule has 0 saturated heterocycles. The molecule has 1 aromatic rings. The van der Waals surface area contributed by atoms with Gasteiger partial charge < -0.3 is 31.7 Å². The number of carbonyl (C=O) groups excluding carboxylic acids is 3. The SMILES string of the molecule is CC(=O)N[C@H](CCCCNC(=O)c1cc(O)c(O)c(O)c1)C(N)=O. The highest BCUT2D eigenvalue weighted by atomic mass is 16.3. The number of phenolic OH excluding ortho intramolecular Hbond substituents is 3. The van der Waals surface area contributed by atoms with Crippen LogP contribution in [-0.4, -0.2) is 45.6 Å². The minimum absolute atomic E-state index is 0.00365. The fraction of sp³-hybridized carbons (Fsp3) is 0.400. The number of unbranched alkanes of at least 4 members (excludes halogenated alkanes) is 1. The molecule has 3 amide bonds. The molecule has 24 heavy (non-hydrogen) atoms. The van der Waals surface area contributed by atoms with E-state index in [4.69, 9.17) is 5.73 Å². The Morgan fingerprint density at radius 1 is 1.12 bits per heavy atom. The molecule has 0 spiro atoms. The molecule has 0 aliphatic heterocycles. The van der Waals surface area contributed by atoms with E-state index >= 15 is 0 Å². The second-order valence-corrected chi connectivity index (χ2v) is 5.27. The van der Waals surface area contributed by atoms with Gasteiger partial charge in [-0.1, -0.05) is 0 Å². The third-order valence-corrected chi connectivity index (χ3v) is 3.26. The lowest BCUT2D eigenvalue weighted by Crippen LogP contribution is -2.43. The van der Waals surface area contributed by atoms with Gasteiger partial charge in [0.25, 0.3) is 5.91 Å². The van der Waals surface area contributed by atoms with E-state index in [1.165, 1.54) is 6.92 Å². The van der Waals surface area contributed by atoms with Crippen molar-refractivity contribution in [3.8, 4) is 17.2 Å². The molecule has 1 rings (SSSR count). The lowest BCUT2D eigenvalue weighted by atomic mass is 10.1. The van der Waals surface area contributed by atoms with Crippen LogP contribution in [0.1, 0.15) is 36.5 Å². The van der Waals surface area contributed by atoms with Crippen molar-refractivity contribution < 1.29 is 29.7 Å². The number of phenols is 3. The first-order valence-corrected chi connectivity index (χ1v) is 7.32. The van der Waals surface area contributed by atoms with Crippen molar-refractivity contribution in [2.75, 3.05) is 6.54 Å². The second kappa shape index (κ2) is 8.61. The highest BCUT2D eigenvalue weighted by Crippen LogP contribution is 2.35. The average Bonchev–Trinajstić information content (AvgIpc) is 2.49. The summed E-state index contributed by atoms with van der Waals surface area (Å²) < 4.78 is 0. The van der Waals surface area contributed by atoms with Gasteiger partial charge in [-0.3, -0.25) is 14.4 Å². The van der Waals surface area contributed by atoms with Crippen molar-refractivity contribution >= 4 is 17.7 Å². The van der Waals surface area contributed by atoms with E-state index in [1.54, 1.807) is 0 Å². The standard InChI is InChI=1S/C15H21N3O6/c1-8(19)18-10(14(16)23)4-2-3-5-17-15(24)9-6-11(20)13(22)12(21)7-9/h6-7,10,20-22H,2-5H2,1H3,(H2,16,23)(H,17,24)(H,18,19)/t10-/m1/s1. The zero-order valence-electron chi connectivity index (χ0n) is 13.2. The van der Waals surface area contributed by atoms with E-state index in [0.29, 0.717) is 19.3 Å². The fourth-order valence-corrected chi connectivity index (χ4v) is 2.04. The van der Waals surface area contributed by atoms with Crippen molar-refractivity contribution in [2.24, 2.45) is 5.73 Å². The van der Waals surface area contributed by atoms with Gasteiger partial charge in [0.15, 0.2) is 17.2 Å². The van der Waals surface area contributed by atoms with Gasteiger partial charge in [0, 0.05) is 19.0 Å². The molecule has 132 valence electrons. The average molecular weight is 339 g/mol. The summed E-state index contributed by atoms with van der Waals surface area (Å²) in [6, 6.07) is 1.32. The maximum absolute atomic E-state index is 11.9. The van der Waals surface area contributed by atoms with Crippen molar-refractivity contribution in [3.63, 3.8) is 0 Å². The van der Waals surface area contributed by atoms with Gasteiger partial charge in [0.2, 0.25) is 11.8 Å². The first kappa shape index (κ1) is 19.1. The monoisotopic (exact) mass is 339 g/mol. The Hall–Kier alpha value is -2.97. The van der Waals surface area contributed by atoms with E-state index < -0.39 is 35.1 Å². The van der Waals surface area contributed by atoms with E-state index in [1.807, 2.05) is 0 Å². The molecule has 0 saturated carbocycles. The highest BCUT2D eigenvalue weighted by Gasteiger charge is 2.16. The molecule has 0 radical (unpaired) electrons. The maximum Gasteiger partial charge on any atom is 0.251 e. The summed E-state index contributed by atoms with van der Waals surface area (Å²) in [4.78, 5) is 34.0. The van der Waals surface area contributed by atoms with Gasteiger partial charge in [-0.05, 0) is 31.4 Å². The number of nitrogens with two attached hydrogens (primary N) is 1. The molecule has 1 atom stereocenters. The number of nitrogens with one attached hydrogen (secondary N) is 2. The number of carbonyl (C=O) groups is 3. The summed E-state index contributed by atoms with van der Waals surface area (Å²) >= 11 is 0. The summed E-state index contributed by atoms with van der Waals surface area (Å²) in [5.41, 5.74) is 5.17. The normalized spacial score (nSPS) is 11.5. The van der Waals surface area contributed by atoms with Gasteiger partial charge in [0.05, 0.1) is 0 Å². The Morgan fingerprint density at radius 3 is 2.21 bits per heavy atom. The number of amides is 3. The summed E-state index contributed by atoms with van der Waals surface area (Å²) in [5, 5.41) is 32.9. The molecular weight excluding hydrogens is 318 g/mol. The number of primary amides is 1. The number of hydrogen-bond acceptors (Lipinski definition) is 6. The van der Waals surface area contributed by atoms with E-state index in [-0.39, 0.29) is 18.0 Å². The fourth-order valence-electron chi connectivity index (χ4n) is 2.04. The van der Waals surface area contributed by atoms with Crippen molar-refractivity contribution in [3.05, 3.63) is 17.7 Å². The predicted octanol–water partition coefficient (Wildman–Crippen LogP) is -0.306. The van der Waals surface area contributed by atoms with Gasteiger partial charge in [-0.2, -0.15) is 0 Å². The first-order valence-electron chi connectivity index (χ1n) is 7.32. The molecule has 0 aliphatic rings. The van der Waals surface area contributed by atoms with Gasteiger partial charge in [-0.25, -0.2) is 0 Å². The van der Waals surface area contributed by atoms with Crippen LogP contribution in [0.2, 0.25) is 0 Å². The van der Waals surface area contributed by atoms with Gasteiger partial charge >= 0.3 is 0 Å². The molecule has 0 bridgehead atoms. The van der Waals surface area contributed by atoms with Crippen LogP contribution >= 0.6 is 0 Å². The molecule has 7 N–H and O–H groups in total. The topological polar surface area (TPSA) is 162 Å². The van der Waals surface area contributed by atoms with Crippen molar-refractivity contribution in [1.82, 2.24) is 10.6 Å². The molecule has 1 aromatic carbocycles. The Labute approximate surface area is 138 Å². The second-order valence-electron chi connectivity index (χ2n) is 5.27. The number of aromatic hydroxyl groups is 3. The Kier molecular flexibility index (Phi) is 6.84. The summed E-state index contributed by atoms with van der Waals surface area (Å²) in [5.74, 6) is -3.39. The Morgan fingerprint density at radius 2 is 1.71 bits per heavy atom. The van der Waals surface area contributed by atoms with Crippen LogP contribution in [0.5, 0.6) is 17.2 Å².